The maximum Gasteiger partial charge on any atom is 0.408 e. The molecule has 0 aromatic rings. The first-order valence-electron chi connectivity index (χ1n) is 6.49. The summed E-state index contributed by atoms with van der Waals surface area (Å²) in [6, 6.07) is -0.692. The molecule has 2 aliphatic rings. The molecule has 0 spiro atoms. The van der Waals surface area contributed by atoms with Crippen molar-refractivity contribution in [3.63, 3.8) is 0 Å². The van der Waals surface area contributed by atoms with Crippen LogP contribution < -0.4 is 5.32 Å². The van der Waals surface area contributed by atoms with Gasteiger partial charge in [0.2, 0.25) is 0 Å². The lowest BCUT2D eigenvalue weighted by atomic mass is 9.83. The summed E-state index contributed by atoms with van der Waals surface area (Å²) in [7, 11) is 0. The van der Waals surface area contributed by atoms with Gasteiger partial charge in [0.25, 0.3) is 0 Å². The first-order chi connectivity index (χ1) is 8.53. The lowest BCUT2D eigenvalue weighted by molar-refractivity contribution is -0.133. The second-order valence-electron chi connectivity index (χ2n) is 5.24. The SMILES string of the molecule is O=C1N[C@@H](CC2CCCCC2)[C@H](C(F)(F)CO)O1. The van der Waals surface area contributed by atoms with Crippen LogP contribution in [0.4, 0.5) is 13.6 Å². The number of ether oxygens (including phenoxy) is 1. The van der Waals surface area contributed by atoms with Crippen LogP contribution in [0.25, 0.3) is 0 Å². The van der Waals surface area contributed by atoms with E-state index in [-0.39, 0.29) is 0 Å². The number of aliphatic hydroxyl groups excluding tert-OH is 1. The maximum absolute atomic E-state index is 13.5. The van der Waals surface area contributed by atoms with Gasteiger partial charge in [-0.1, -0.05) is 32.1 Å². The standard InChI is InChI=1S/C12H19F2NO3/c13-12(14,7-16)10-9(15-11(17)18-10)6-8-4-2-1-3-5-8/h8-10,16H,1-7H2,(H,15,17)/t9-,10+/m0/s1. The van der Waals surface area contributed by atoms with Gasteiger partial charge in [-0.3, -0.25) is 0 Å². The maximum atomic E-state index is 13.5. The molecule has 2 fully saturated rings. The van der Waals surface area contributed by atoms with Gasteiger partial charge in [0.15, 0.2) is 6.10 Å². The summed E-state index contributed by atoms with van der Waals surface area (Å²) >= 11 is 0. The van der Waals surface area contributed by atoms with Crippen LogP contribution >= 0.6 is 0 Å². The molecule has 1 saturated heterocycles. The number of aliphatic hydroxyl groups is 1. The highest BCUT2D eigenvalue weighted by molar-refractivity contribution is 5.70. The highest BCUT2D eigenvalue weighted by atomic mass is 19.3. The normalized spacial score (nSPS) is 30.1. The third kappa shape index (κ3) is 2.91. The fourth-order valence-corrected chi connectivity index (χ4v) is 2.89. The van der Waals surface area contributed by atoms with Crippen molar-refractivity contribution in [1.29, 1.82) is 0 Å². The zero-order valence-electron chi connectivity index (χ0n) is 10.2. The highest BCUT2D eigenvalue weighted by Gasteiger charge is 2.51. The summed E-state index contributed by atoms with van der Waals surface area (Å²) in [6.45, 7) is -1.30. The van der Waals surface area contributed by atoms with E-state index in [1.54, 1.807) is 0 Å². The van der Waals surface area contributed by atoms with Crippen molar-refractivity contribution in [2.24, 2.45) is 5.92 Å². The number of halogens is 2. The number of hydrogen-bond donors (Lipinski definition) is 2. The van der Waals surface area contributed by atoms with Crippen LogP contribution in [-0.2, 0) is 4.74 Å². The van der Waals surface area contributed by atoms with Gasteiger partial charge < -0.3 is 15.2 Å². The minimum atomic E-state index is -3.38. The largest absolute Gasteiger partial charge is 0.437 e. The van der Waals surface area contributed by atoms with E-state index in [4.69, 9.17) is 5.11 Å². The Morgan fingerprint density at radius 2 is 2.00 bits per heavy atom. The molecule has 0 unspecified atom stereocenters. The highest BCUT2D eigenvalue weighted by Crippen LogP contribution is 2.34. The first-order valence-corrected chi connectivity index (χ1v) is 6.49. The molecule has 0 aromatic heterocycles. The molecule has 1 aliphatic heterocycles. The Labute approximate surface area is 105 Å². The molecule has 18 heavy (non-hydrogen) atoms. The molecule has 1 amide bonds. The van der Waals surface area contributed by atoms with Crippen molar-refractivity contribution >= 4 is 6.09 Å². The van der Waals surface area contributed by atoms with Crippen LogP contribution in [0.15, 0.2) is 0 Å². The van der Waals surface area contributed by atoms with Gasteiger partial charge in [-0.05, 0) is 12.3 Å². The van der Waals surface area contributed by atoms with Gasteiger partial charge in [-0.2, -0.15) is 8.78 Å². The number of hydrogen-bond acceptors (Lipinski definition) is 3. The lowest BCUT2D eigenvalue weighted by Gasteiger charge is -2.28. The van der Waals surface area contributed by atoms with Crippen LogP contribution in [0.5, 0.6) is 0 Å². The summed E-state index contributed by atoms with van der Waals surface area (Å²) < 4.78 is 31.5. The van der Waals surface area contributed by atoms with Crippen molar-refractivity contribution in [1.82, 2.24) is 5.32 Å². The summed E-state index contributed by atoms with van der Waals surface area (Å²) in [6.07, 6.45) is 3.62. The van der Waals surface area contributed by atoms with Crippen LogP contribution in [0.3, 0.4) is 0 Å². The molecule has 0 bridgehead atoms. The number of alkyl carbamates (subject to hydrolysis) is 1. The van der Waals surface area contributed by atoms with Gasteiger partial charge in [0, 0.05) is 0 Å². The molecule has 104 valence electrons. The van der Waals surface area contributed by atoms with Crippen molar-refractivity contribution in [3.8, 4) is 0 Å². The number of alkyl halides is 2. The van der Waals surface area contributed by atoms with Crippen LogP contribution in [0.1, 0.15) is 38.5 Å². The Hall–Kier alpha value is -0.910. The van der Waals surface area contributed by atoms with E-state index in [1.165, 1.54) is 6.42 Å². The van der Waals surface area contributed by atoms with Crippen LogP contribution in [0, 0.1) is 5.92 Å². The second kappa shape index (κ2) is 5.38. The van der Waals surface area contributed by atoms with E-state index in [0.29, 0.717) is 12.3 Å². The van der Waals surface area contributed by atoms with Crippen molar-refractivity contribution in [3.05, 3.63) is 0 Å². The Morgan fingerprint density at radius 1 is 1.33 bits per heavy atom. The minimum absolute atomic E-state index is 0.364. The van der Waals surface area contributed by atoms with E-state index < -0.39 is 30.8 Å². The average Bonchev–Trinajstić information content (AvgIpc) is 2.72. The topological polar surface area (TPSA) is 58.6 Å². The molecule has 6 heteroatoms. The molecule has 2 N–H and O–H groups in total. The second-order valence-corrected chi connectivity index (χ2v) is 5.24. The van der Waals surface area contributed by atoms with E-state index in [0.717, 1.165) is 25.7 Å². The fraction of sp³-hybridized carbons (Fsp3) is 0.917. The van der Waals surface area contributed by atoms with Gasteiger partial charge >= 0.3 is 12.0 Å². The number of carbonyl (C=O) groups excluding carboxylic acids is 1. The Morgan fingerprint density at radius 3 is 2.61 bits per heavy atom. The molecular formula is C12H19F2NO3. The summed E-state index contributed by atoms with van der Waals surface area (Å²) in [5.41, 5.74) is 0. The number of amides is 1. The third-order valence-corrected chi connectivity index (χ3v) is 3.84. The van der Waals surface area contributed by atoms with Gasteiger partial charge in [-0.15, -0.1) is 0 Å². The molecule has 2 atom stereocenters. The first kappa shape index (κ1) is 13.5. The van der Waals surface area contributed by atoms with Crippen molar-refractivity contribution in [2.45, 2.75) is 56.6 Å². The van der Waals surface area contributed by atoms with Crippen molar-refractivity contribution in [2.75, 3.05) is 6.61 Å². The Bertz CT molecular complexity index is 306. The van der Waals surface area contributed by atoms with E-state index in [9.17, 15) is 13.6 Å². The smallest absolute Gasteiger partial charge is 0.408 e. The summed E-state index contributed by atoms with van der Waals surface area (Å²) in [4.78, 5) is 11.1. The van der Waals surface area contributed by atoms with Crippen molar-refractivity contribution < 1.29 is 23.4 Å². The predicted molar refractivity (Wildman–Crippen MR) is 60.4 cm³/mol. The molecule has 2 rings (SSSR count). The number of nitrogens with one attached hydrogen (secondary N) is 1. The number of rotatable bonds is 4. The molecular weight excluding hydrogens is 244 g/mol. The third-order valence-electron chi connectivity index (χ3n) is 3.84. The Kier molecular flexibility index (Phi) is 4.04. The zero-order chi connectivity index (χ0) is 13.2. The zero-order valence-corrected chi connectivity index (χ0v) is 10.2. The van der Waals surface area contributed by atoms with E-state index >= 15 is 0 Å². The van der Waals surface area contributed by atoms with Gasteiger partial charge in [0.1, 0.15) is 6.61 Å². The quantitative estimate of drug-likeness (QED) is 0.816. The molecule has 4 nitrogen and oxygen atoms in total. The lowest BCUT2D eigenvalue weighted by Crippen LogP contribution is -2.46. The number of cyclic esters (lactones) is 1. The minimum Gasteiger partial charge on any atom is -0.437 e. The molecule has 0 aromatic carbocycles. The average molecular weight is 263 g/mol. The molecule has 1 aliphatic carbocycles. The number of carbonyl (C=O) groups is 1. The molecule has 1 saturated carbocycles. The van der Waals surface area contributed by atoms with Gasteiger partial charge in [0.05, 0.1) is 6.04 Å². The summed E-state index contributed by atoms with van der Waals surface area (Å²) in [5, 5.41) is 11.1. The predicted octanol–water partition coefficient (Wildman–Crippen LogP) is 2.06. The van der Waals surface area contributed by atoms with E-state index in [1.807, 2.05) is 0 Å². The van der Waals surface area contributed by atoms with Crippen LogP contribution in [0.2, 0.25) is 0 Å². The van der Waals surface area contributed by atoms with Gasteiger partial charge in [-0.25, -0.2) is 4.79 Å². The Balaban J connectivity index is 1.98. The van der Waals surface area contributed by atoms with Crippen LogP contribution in [-0.4, -0.2) is 35.9 Å². The summed E-state index contributed by atoms with van der Waals surface area (Å²) in [5.74, 6) is -3.01. The molecule has 0 radical (unpaired) electrons. The monoisotopic (exact) mass is 263 g/mol. The van der Waals surface area contributed by atoms with E-state index in [2.05, 4.69) is 10.1 Å². The fourth-order valence-electron chi connectivity index (χ4n) is 2.89. The molecule has 1 heterocycles.